The summed E-state index contributed by atoms with van der Waals surface area (Å²) in [6.07, 6.45) is 0. The van der Waals surface area contributed by atoms with E-state index in [1.54, 1.807) is 25.1 Å². The Balaban J connectivity index is 3.10. The Labute approximate surface area is 89.8 Å². The van der Waals surface area contributed by atoms with Gasteiger partial charge in [0.2, 0.25) is 0 Å². The Morgan fingerprint density at radius 3 is 2.60 bits per heavy atom. The van der Waals surface area contributed by atoms with E-state index in [0.717, 1.165) is 5.56 Å². The van der Waals surface area contributed by atoms with Crippen molar-refractivity contribution in [2.24, 2.45) is 0 Å². The summed E-state index contributed by atoms with van der Waals surface area (Å²) in [6, 6.07) is 4.87. The summed E-state index contributed by atoms with van der Waals surface area (Å²) in [5.74, 6) is -0.510. The average Bonchev–Trinajstić information content (AvgIpc) is 2.19. The molecule has 4 nitrogen and oxygen atoms in total. The first-order valence-corrected chi connectivity index (χ1v) is 5.70. The Bertz CT molecular complexity index is 441. The van der Waals surface area contributed by atoms with Crippen molar-refractivity contribution >= 4 is 16.7 Å². The van der Waals surface area contributed by atoms with Gasteiger partial charge in [0.1, 0.15) is 10.7 Å². The molecule has 0 radical (unpaired) electrons. The van der Waals surface area contributed by atoms with Gasteiger partial charge in [-0.05, 0) is 30.2 Å². The highest BCUT2D eigenvalue weighted by Gasteiger charge is 2.08. The molecule has 0 aliphatic heterocycles. The lowest BCUT2D eigenvalue weighted by molar-refractivity contribution is 0.0600. The third-order valence-electron chi connectivity index (χ3n) is 2.07. The normalized spacial score (nSPS) is 10.3. The maximum Gasteiger partial charge on any atom is 0.337 e. The molecule has 0 aliphatic rings. The number of carbonyl (C=O) groups excluding carboxylic acids is 1. The number of thiol groups is 1. The van der Waals surface area contributed by atoms with Gasteiger partial charge in [-0.25, -0.2) is 13.2 Å². The van der Waals surface area contributed by atoms with Crippen molar-refractivity contribution in [1.82, 2.24) is 0 Å². The zero-order valence-electron chi connectivity index (χ0n) is 8.52. The lowest BCUT2D eigenvalue weighted by atomic mass is 10.1. The molecule has 0 fully saturated rings. The second kappa shape index (κ2) is 4.93. The molecule has 0 aromatic heterocycles. The molecule has 82 valence electrons. The summed E-state index contributed by atoms with van der Waals surface area (Å²) < 4.78 is 25.7. The van der Waals surface area contributed by atoms with Gasteiger partial charge in [-0.2, -0.15) is 0 Å². The van der Waals surface area contributed by atoms with E-state index < -0.39 is 16.7 Å². The molecule has 1 aromatic carbocycles. The number of aryl methyl sites for hydroxylation is 1. The van der Waals surface area contributed by atoms with Gasteiger partial charge in [-0.15, -0.1) is 0 Å². The van der Waals surface area contributed by atoms with E-state index in [0.29, 0.717) is 11.1 Å². The minimum atomic E-state index is -2.48. The van der Waals surface area contributed by atoms with Crippen LogP contribution in [0.5, 0.6) is 0 Å². The topological polar surface area (TPSA) is 60.4 Å². The maximum absolute atomic E-state index is 11.2. The summed E-state index contributed by atoms with van der Waals surface area (Å²) in [4.78, 5) is 11.2. The molecule has 15 heavy (non-hydrogen) atoms. The van der Waals surface area contributed by atoms with Crippen LogP contribution in [-0.4, -0.2) is 21.5 Å². The summed E-state index contributed by atoms with van der Waals surface area (Å²) >= 11 is 0. The maximum atomic E-state index is 11.2. The monoisotopic (exact) mass is 228 g/mol. The van der Waals surface area contributed by atoms with E-state index in [1.165, 1.54) is 7.11 Å². The summed E-state index contributed by atoms with van der Waals surface area (Å²) in [5, 5.41) is 0. The van der Waals surface area contributed by atoms with Crippen LogP contribution >= 0.6 is 0 Å². The van der Waals surface area contributed by atoms with Gasteiger partial charge in [-0.3, -0.25) is 0 Å². The van der Waals surface area contributed by atoms with Crippen molar-refractivity contribution in [3.63, 3.8) is 0 Å². The van der Waals surface area contributed by atoms with Gasteiger partial charge in [0.05, 0.1) is 18.4 Å². The number of benzene rings is 1. The fourth-order valence-electron chi connectivity index (χ4n) is 1.23. The van der Waals surface area contributed by atoms with Gasteiger partial charge < -0.3 is 4.74 Å². The molecule has 0 unspecified atom stereocenters. The van der Waals surface area contributed by atoms with Crippen LogP contribution in [0.1, 0.15) is 21.5 Å². The van der Waals surface area contributed by atoms with Crippen LogP contribution in [0.25, 0.3) is 0 Å². The first-order valence-electron chi connectivity index (χ1n) is 4.34. The van der Waals surface area contributed by atoms with E-state index in [9.17, 15) is 13.2 Å². The molecule has 0 saturated heterocycles. The minimum absolute atomic E-state index is 0.0496. The molecule has 5 heteroatoms. The van der Waals surface area contributed by atoms with Crippen molar-refractivity contribution in [3.05, 3.63) is 34.9 Å². The molecule has 0 amide bonds. The SMILES string of the molecule is COC(=O)c1ccc(C)c(C[SH](=O)=O)c1. The lowest BCUT2D eigenvalue weighted by Crippen LogP contribution is -2.03. The van der Waals surface area contributed by atoms with E-state index >= 15 is 0 Å². The molecule has 1 rings (SSSR count). The zero-order valence-corrected chi connectivity index (χ0v) is 9.41. The molecule has 0 bridgehead atoms. The standard InChI is InChI=1S/C10H12O4S/c1-7-3-4-8(10(11)14-2)5-9(7)6-15(12)13/h3-5,15H,6H2,1-2H3. The smallest absolute Gasteiger partial charge is 0.337 e. The Kier molecular flexibility index (Phi) is 3.85. The van der Waals surface area contributed by atoms with Crippen LogP contribution in [0.2, 0.25) is 0 Å². The number of ether oxygens (including phenoxy) is 1. The van der Waals surface area contributed by atoms with Crippen molar-refractivity contribution in [2.75, 3.05) is 7.11 Å². The molecule has 0 aliphatic carbocycles. The number of rotatable bonds is 3. The average molecular weight is 228 g/mol. The molecule has 1 aromatic rings. The second-order valence-corrected chi connectivity index (χ2v) is 4.11. The number of hydrogen-bond donors (Lipinski definition) is 1. The highest BCUT2D eigenvalue weighted by atomic mass is 32.2. The van der Waals surface area contributed by atoms with Gasteiger partial charge in [-0.1, -0.05) is 6.07 Å². The van der Waals surface area contributed by atoms with E-state index in [4.69, 9.17) is 0 Å². The van der Waals surface area contributed by atoms with Crippen LogP contribution in [0.15, 0.2) is 18.2 Å². The summed E-state index contributed by atoms with van der Waals surface area (Å²) in [6.45, 7) is 1.80. The second-order valence-electron chi connectivity index (χ2n) is 3.12. The summed E-state index contributed by atoms with van der Waals surface area (Å²) in [7, 11) is -1.19. The predicted octanol–water partition coefficient (Wildman–Crippen LogP) is 0.893. The van der Waals surface area contributed by atoms with Crippen LogP contribution in [-0.2, 0) is 21.2 Å². The van der Waals surface area contributed by atoms with Crippen LogP contribution < -0.4 is 0 Å². The van der Waals surface area contributed by atoms with Gasteiger partial charge in [0.25, 0.3) is 0 Å². The molecule has 0 heterocycles. The molecular weight excluding hydrogens is 216 g/mol. The van der Waals surface area contributed by atoms with Crippen LogP contribution in [0.4, 0.5) is 0 Å². The third-order valence-corrected chi connectivity index (χ3v) is 2.67. The highest BCUT2D eigenvalue weighted by Crippen LogP contribution is 2.13. The quantitative estimate of drug-likeness (QED) is 0.616. The lowest BCUT2D eigenvalue weighted by Gasteiger charge is -2.04. The fraction of sp³-hybridized carbons (Fsp3) is 0.300. The molecule has 0 saturated carbocycles. The fourth-order valence-corrected chi connectivity index (χ4v) is 1.84. The van der Waals surface area contributed by atoms with Crippen molar-refractivity contribution < 1.29 is 17.9 Å². The molecular formula is C10H12O4S. The van der Waals surface area contributed by atoms with E-state index in [1.807, 2.05) is 0 Å². The summed E-state index contributed by atoms with van der Waals surface area (Å²) in [5.41, 5.74) is 1.85. The third kappa shape index (κ3) is 3.06. The minimum Gasteiger partial charge on any atom is -0.465 e. The molecule has 0 spiro atoms. The number of hydrogen-bond acceptors (Lipinski definition) is 4. The molecule has 0 N–H and O–H groups in total. The highest BCUT2D eigenvalue weighted by molar-refractivity contribution is 7.71. The first-order chi connectivity index (χ1) is 7.04. The zero-order chi connectivity index (χ0) is 11.4. The van der Waals surface area contributed by atoms with Gasteiger partial charge in [0.15, 0.2) is 0 Å². The number of esters is 1. The number of carbonyl (C=O) groups is 1. The first kappa shape index (κ1) is 11.7. The van der Waals surface area contributed by atoms with Gasteiger partial charge in [0, 0.05) is 0 Å². The molecule has 0 atom stereocenters. The Hall–Kier alpha value is -1.36. The van der Waals surface area contributed by atoms with Crippen molar-refractivity contribution in [2.45, 2.75) is 12.7 Å². The van der Waals surface area contributed by atoms with Crippen LogP contribution in [0, 0.1) is 6.92 Å². The van der Waals surface area contributed by atoms with E-state index in [2.05, 4.69) is 4.74 Å². The Morgan fingerprint density at radius 2 is 2.07 bits per heavy atom. The Morgan fingerprint density at radius 1 is 1.40 bits per heavy atom. The van der Waals surface area contributed by atoms with Crippen molar-refractivity contribution in [3.8, 4) is 0 Å². The van der Waals surface area contributed by atoms with Crippen LogP contribution in [0.3, 0.4) is 0 Å². The number of methoxy groups -OCH3 is 1. The largest absolute Gasteiger partial charge is 0.465 e. The van der Waals surface area contributed by atoms with E-state index in [-0.39, 0.29) is 5.75 Å². The predicted molar refractivity (Wildman–Crippen MR) is 56.5 cm³/mol. The van der Waals surface area contributed by atoms with Crippen molar-refractivity contribution in [1.29, 1.82) is 0 Å². The van der Waals surface area contributed by atoms with Gasteiger partial charge >= 0.3 is 5.97 Å².